The van der Waals surface area contributed by atoms with Gasteiger partial charge in [-0.3, -0.25) is 4.79 Å². The van der Waals surface area contributed by atoms with Crippen LogP contribution in [0.4, 0.5) is 0 Å². The highest BCUT2D eigenvalue weighted by Crippen LogP contribution is 2.30. The van der Waals surface area contributed by atoms with E-state index in [1.54, 1.807) is 11.3 Å². The third-order valence-electron chi connectivity index (χ3n) is 3.09. The van der Waals surface area contributed by atoms with Crippen LogP contribution in [0.1, 0.15) is 47.6 Å². The van der Waals surface area contributed by atoms with E-state index in [1.165, 1.54) is 0 Å². The Kier molecular flexibility index (Phi) is 2.95. The summed E-state index contributed by atoms with van der Waals surface area (Å²) in [6.07, 6.45) is 2.95. The summed E-state index contributed by atoms with van der Waals surface area (Å²) in [5.41, 5.74) is 0.947. The van der Waals surface area contributed by atoms with Crippen LogP contribution in [0.2, 0.25) is 0 Å². The van der Waals surface area contributed by atoms with E-state index in [0.29, 0.717) is 24.6 Å². The molecule has 18 heavy (non-hydrogen) atoms. The smallest absolute Gasteiger partial charge is 0.237 e. The first kappa shape index (κ1) is 11.5. The maximum Gasteiger partial charge on any atom is 0.237 e. The molecule has 1 saturated carbocycles. The van der Waals surface area contributed by atoms with Crippen molar-refractivity contribution in [2.45, 2.75) is 38.5 Å². The van der Waals surface area contributed by atoms with E-state index in [-0.39, 0.29) is 11.7 Å². The molecule has 0 aliphatic heterocycles. The van der Waals surface area contributed by atoms with Crippen LogP contribution in [0.5, 0.6) is 0 Å². The van der Waals surface area contributed by atoms with Gasteiger partial charge in [0.05, 0.1) is 23.0 Å². The van der Waals surface area contributed by atoms with Crippen LogP contribution in [-0.4, -0.2) is 20.9 Å². The minimum atomic E-state index is -0.177. The second-order valence-electron chi connectivity index (χ2n) is 4.49. The first-order chi connectivity index (χ1) is 8.72. The van der Waals surface area contributed by atoms with Crippen molar-refractivity contribution in [3.05, 3.63) is 27.8 Å². The molecular weight excluding hydrogens is 250 g/mol. The molecule has 5 nitrogen and oxygen atoms in total. The largest absolute Gasteiger partial charge is 0.339 e. The summed E-state index contributed by atoms with van der Waals surface area (Å²) in [6, 6.07) is 0. The third kappa shape index (κ3) is 2.20. The van der Waals surface area contributed by atoms with E-state index in [4.69, 9.17) is 4.52 Å². The molecule has 0 saturated heterocycles. The lowest BCUT2D eigenvalue weighted by Gasteiger charge is -1.98. The van der Waals surface area contributed by atoms with Gasteiger partial charge in [0.2, 0.25) is 5.89 Å². The molecule has 1 unspecified atom stereocenters. The number of aryl methyl sites for hydroxylation is 1. The van der Waals surface area contributed by atoms with Gasteiger partial charge in [-0.15, -0.1) is 11.3 Å². The number of nitrogens with zero attached hydrogens (tertiary/aromatic N) is 3. The first-order valence-corrected chi connectivity index (χ1v) is 6.86. The van der Waals surface area contributed by atoms with E-state index in [0.717, 1.165) is 23.5 Å². The van der Waals surface area contributed by atoms with Crippen LogP contribution in [-0.2, 0) is 11.2 Å². The molecule has 1 aliphatic rings. The second-order valence-corrected chi connectivity index (χ2v) is 5.56. The molecule has 1 aliphatic carbocycles. The van der Waals surface area contributed by atoms with Gasteiger partial charge in [-0.2, -0.15) is 4.98 Å². The summed E-state index contributed by atoms with van der Waals surface area (Å²) < 4.78 is 5.19. The van der Waals surface area contributed by atoms with E-state index in [9.17, 15) is 4.79 Å². The summed E-state index contributed by atoms with van der Waals surface area (Å²) in [4.78, 5) is 20.3. The van der Waals surface area contributed by atoms with E-state index in [2.05, 4.69) is 15.1 Å². The Morgan fingerprint density at radius 1 is 1.50 bits per heavy atom. The van der Waals surface area contributed by atoms with E-state index >= 15 is 0 Å². The molecule has 1 atom stereocenters. The number of carbonyl (C=O) groups is 1. The highest BCUT2D eigenvalue weighted by atomic mass is 32.1. The summed E-state index contributed by atoms with van der Waals surface area (Å²) in [5, 5.41) is 6.95. The number of aromatic nitrogens is 3. The first-order valence-electron chi connectivity index (χ1n) is 5.98. The number of ketones is 1. The molecule has 0 spiro atoms. The number of thiazole rings is 1. The zero-order valence-corrected chi connectivity index (χ0v) is 10.9. The summed E-state index contributed by atoms with van der Waals surface area (Å²) in [5.74, 6) is 1.12. The quantitative estimate of drug-likeness (QED) is 0.849. The maximum atomic E-state index is 11.6. The Morgan fingerprint density at radius 2 is 2.39 bits per heavy atom. The molecule has 1 fully saturated rings. The third-order valence-corrected chi connectivity index (χ3v) is 3.91. The van der Waals surface area contributed by atoms with Crippen molar-refractivity contribution >= 4 is 17.1 Å². The molecule has 94 valence electrons. The van der Waals surface area contributed by atoms with Gasteiger partial charge in [-0.05, 0) is 19.8 Å². The molecule has 6 heteroatoms. The zero-order valence-electron chi connectivity index (χ0n) is 10.0. The molecule has 2 heterocycles. The van der Waals surface area contributed by atoms with Crippen molar-refractivity contribution in [3.8, 4) is 0 Å². The molecule has 0 radical (unpaired) electrons. The standard InChI is InChI=1S/C12H13N3O2S/c1-7-13-8(6-18-7)5-11-14-12(17-15-11)9-3-2-4-10(9)16/h6,9H,2-5H2,1H3. The van der Waals surface area contributed by atoms with Crippen LogP contribution < -0.4 is 0 Å². The number of rotatable bonds is 3. The van der Waals surface area contributed by atoms with Crippen molar-refractivity contribution in [2.24, 2.45) is 0 Å². The Bertz CT molecular complexity index is 575. The molecule has 0 aromatic carbocycles. The van der Waals surface area contributed by atoms with Gasteiger partial charge >= 0.3 is 0 Å². The Hall–Kier alpha value is -1.56. The summed E-state index contributed by atoms with van der Waals surface area (Å²) >= 11 is 1.60. The Labute approximate surface area is 108 Å². The van der Waals surface area contributed by atoms with Crippen molar-refractivity contribution in [1.82, 2.24) is 15.1 Å². The predicted molar refractivity (Wildman–Crippen MR) is 65.6 cm³/mol. The maximum absolute atomic E-state index is 11.6. The Morgan fingerprint density at radius 3 is 3.06 bits per heavy atom. The summed E-state index contributed by atoms with van der Waals surface area (Å²) in [6.45, 7) is 1.97. The molecule has 0 N–H and O–H groups in total. The normalized spacial score (nSPS) is 19.6. The van der Waals surface area contributed by atoms with Gasteiger partial charge in [0.1, 0.15) is 5.78 Å². The molecule has 0 amide bonds. The van der Waals surface area contributed by atoms with Crippen LogP contribution in [0, 0.1) is 6.92 Å². The number of carbonyl (C=O) groups excluding carboxylic acids is 1. The van der Waals surface area contributed by atoms with E-state index < -0.39 is 0 Å². The van der Waals surface area contributed by atoms with E-state index in [1.807, 2.05) is 12.3 Å². The summed E-state index contributed by atoms with van der Waals surface area (Å²) in [7, 11) is 0. The highest BCUT2D eigenvalue weighted by molar-refractivity contribution is 7.09. The second kappa shape index (κ2) is 4.61. The Balaban J connectivity index is 1.75. The van der Waals surface area contributed by atoms with Crippen LogP contribution >= 0.6 is 11.3 Å². The van der Waals surface area contributed by atoms with Crippen molar-refractivity contribution in [1.29, 1.82) is 0 Å². The lowest BCUT2D eigenvalue weighted by Crippen LogP contribution is -2.04. The SMILES string of the molecule is Cc1nc(Cc2noc(C3CCCC3=O)n2)cs1. The minimum absolute atomic E-state index is 0.177. The average molecular weight is 263 g/mol. The van der Waals surface area contributed by atoms with Crippen molar-refractivity contribution in [2.75, 3.05) is 0 Å². The van der Waals surface area contributed by atoms with Crippen molar-refractivity contribution in [3.63, 3.8) is 0 Å². The van der Waals surface area contributed by atoms with Gasteiger partial charge in [0, 0.05) is 11.8 Å². The molecule has 0 bridgehead atoms. The molecule has 2 aromatic rings. The monoisotopic (exact) mass is 263 g/mol. The molecular formula is C12H13N3O2S. The number of Topliss-reactive ketones (excluding diaryl/α,β-unsaturated/α-hetero) is 1. The molecule has 2 aromatic heterocycles. The van der Waals surface area contributed by atoms with Gasteiger partial charge in [0.15, 0.2) is 5.82 Å². The van der Waals surface area contributed by atoms with Crippen LogP contribution in [0.15, 0.2) is 9.90 Å². The fourth-order valence-electron chi connectivity index (χ4n) is 2.21. The lowest BCUT2D eigenvalue weighted by molar-refractivity contribution is -0.119. The topological polar surface area (TPSA) is 68.9 Å². The van der Waals surface area contributed by atoms with Gasteiger partial charge in [-0.25, -0.2) is 4.98 Å². The average Bonchev–Trinajstić information content (AvgIpc) is 3.02. The van der Waals surface area contributed by atoms with Gasteiger partial charge < -0.3 is 4.52 Å². The number of hydrogen-bond donors (Lipinski definition) is 0. The fraction of sp³-hybridized carbons (Fsp3) is 0.500. The zero-order chi connectivity index (χ0) is 12.5. The van der Waals surface area contributed by atoms with Crippen LogP contribution in [0.3, 0.4) is 0 Å². The lowest BCUT2D eigenvalue weighted by atomic mass is 10.1. The minimum Gasteiger partial charge on any atom is -0.339 e. The highest BCUT2D eigenvalue weighted by Gasteiger charge is 2.30. The fourth-order valence-corrected chi connectivity index (χ4v) is 2.82. The van der Waals surface area contributed by atoms with Gasteiger partial charge in [-0.1, -0.05) is 5.16 Å². The molecule has 3 rings (SSSR count). The van der Waals surface area contributed by atoms with Gasteiger partial charge in [0.25, 0.3) is 0 Å². The van der Waals surface area contributed by atoms with Crippen molar-refractivity contribution < 1.29 is 9.32 Å². The van der Waals surface area contributed by atoms with Crippen LogP contribution in [0.25, 0.3) is 0 Å². The predicted octanol–water partition coefficient (Wildman–Crippen LogP) is 2.26. The number of hydrogen-bond acceptors (Lipinski definition) is 6.